The van der Waals surface area contributed by atoms with E-state index in [1.54, 1.807) is 18.1 Å². The molecule has 0 bridgehead atoms. The van der Waals surface area contributed by atoms with Gasteiger partial charge in [0.25, 0.3) is 5.91 Å². The van der Waals surface area contributed by atoms with Crippen molar-refractivity contribution in [2.24, 2.45) is 4.99 Å². The van der Waals surface area contributed by atoms with E-state index in [2.05, 4.69) is 29.0 Å². The first-order valence-electron chi connectivity index (χ1n) is 6.92. The zero-order valence-electron chi connectivity index (χ0n) is 12.3. The van der Waals surface area contributed by atoms with Gasteiger partial charge in [0.1, 0.15) is 0 Å². The SMILES string of the molecule is CCc1ccc(/C=C2\S/C(=N/c3nccs3)N(C)C2=O)cc1. The summed E-state index contributed by atoms with van der Waals surface area (Å²) in [5.41, 5.74) is 2.31. The van der Waals surface area contributed by atoms with Crippen molar-refractivity contribution in [2.75, 3.05) is 7.05 Å². The number of aryl methyl sites for hydroxylation is 1. The average Bonchev–Trinajstić information content (AvgIpc) is 3.13. The van der Waals surface area contributed by atoms with Crippen LogP contribution in [0.5, 0.6) is 0 Å². The van der Waals surface area contributed by atoms with Gasteiger partial charge in [0.2, 0.25) is 5.13 Å². The van der Waals surface area contributed by atoms with Gasteiger partial charge in [-0.25, -0.2) is 4.98 Å². The van der Waals surface area contributed by atoms with Crippen LogP contribution in [0.25, 0.3) is 6.08 Å². The summed E-state index contributed by atoms with van der Waals surface area (Å²) in [4.78, 5) is 23.1. The molecule has 0 N–H and O–H groups in total. The summed E-state index contributed by atoms with van der Waals surface area (Å²) in [5, 5.41) is 3.19. The van der Waals surface area contributed by atoms with Gasteiger partial charge in [0, 0.05) is 18.6 Å². The predicted octanol–water partition coefficient (Wildman–Crippen LogP) is 3.94. The molecule has 1 fully saturated rings. The summed E-state index contributed by atoms with van der Waals surface area (Å²) >= 11 is 2.84. The summed E-state index contributed by atoms with van der Waals surface area (Å²) in [7, 11) is 1.74. The van der Waals surface area contributed by atoms with E-state index in [0.717, 1.165) is 12.0 Å². The normalized spacial score (nSPS) is 18.6. The van der Waals surface area contributed by atoms with Gasteiger partial charge in [-0.2, -0.15) is 4.99 Å². The Kier molecular flexibility index (Phi) is 4.40. The molecule has 1 aromatic heterocycles. The minimum absolute atomic E-state index is 0.0279. The fourth-order valence-electron chi connectivity index (χ4n) is 2.01. The number of hydrogen-bond donors (Lipinski definition) is 0. The second-order valence-electron chi connectivity index (χ2n) is 4.78. The van der Waals surface area contributed by atoms with E-state index in [0.29, 0.717) is 15.2 Å². The number of aromatic nitrogens is 1. The van der Waals surface area contributed by atoms with Crippen LogP contribution in [0.3, 0.4) is 0 Å². The van der Waals surface area contributed by atoms with E-state index < -0.39 is 0 Å². The molecular weight excluding hydrogens is 314 g/mol. The molecule has 22 heavy (non-hydrogen) atoms. The van der Waals surface area contributed by atoms with Gasteiger partial charge in [-0.15, -0.1) is 11.3 Å². The molecule has 0 spiro atoms. The summed E-state index contributed by atoms with van der Waals surface area (Å²) < 4.78 is 0. The summed E-state index contributed by atoms with van der Waals surface area (Å²) in [6.45, 7) is 2.13. The number of carbonyl (C=O) groups excluding carboxylic acids is 1. The van der Waals surface area contributed by atoms with Crippen LogP contribution in [-0.4, -0.2) is 28.0 Å². The molecule has 0 unspecified atom stereocenters. The zero-order chi connectivity index (χ0) is 15.5. The second kappa shape index (κ2) is 6.46. The van der Waals surface area contributed by atoms with Crippen molar-refractivity contribution in [1.82, 2.24) is 9.88 Å². The Morgan fingerprint density at radius 2 is 2.09 bits per heavy atom. The number of rotatable bonds is 3. The van der Waals surface area contributed by atoms with Crippen molar-refractivity contribution in [3.63, 3.8) is 0 Å². The van der Waals surface area contributed by atoms with E-state index in [9.17, 15) is 4.79 Å². The first-order chi connectivity index (χ1) is 10.7. The number of aliphatic imine (C=N–C) groups is 1. The van der Waals surface area contributed by atoms with Gasteiger partial charge in [0.05, 0.1) is 4.91 Å². The van der Waals surface area contributed by atoms with Crippen molar-refractivity contribution >= 4 is 45.4 Å². The molecule has 0 atom stereocenters. The molecule has 112 valence electrons. The van der Waals surface area contributed by atoms with Crippen LogP contribution in [0, 0.1) is 0 Å². The number of amides is 1. The lowest BCUT2D eigenvalue weighted by Gasteiger charge is -2.05. The van der Waals surface area contributed by atoms with Crippen molar-refractivity contribution < 1.29 is 4.79 Å². The molecule has 0 aliphatic carbocycles. The monoisotopic (exact) mass is 329 g/mol. The Balaban J connectivity index is 1.85. The number of amidine groups is 1. The second-order valence-corrected chi connectivity index (χ2v) is 6.66. The standard InChI is InChI=1S/C16H15N3OS2/c1-3-11-4-6-12(7-5-11)10-13-14(20)19(2)16(22-13)18-15-17-8-9-21-15/h4-10H,3H2,1-2H3/b13-10-,18-16+. The molecule has 6 heteroatoms. The third kappa shape index (κ3) is 3.13. The Labute approximate surface area is 137 Å². The molecule has 2 aromatic rings. The Morgan fingerprint density at radius 1 is 1.32 bits per heavy atom. The fourth-order valence-corrected chi connectivity index (χ4v) is 3.54. The third-order valence-corrected chi connectivity index (χ3v) is 5.03. The lowest BCUT2D eigenvalue weighted by atomic mass is 10.1. The van der Waals surface area contributed by atoms with Crippen molar-refractivity contribution in [1.29, 1.82) is 0 Å². The topological polar surface area (TPSA) is 45.6 Å². The molecular formula is C16H15N3OS2. The molecule has 0 saturated carbocycles. The number of benzene rings is 1. The molecule has 3 rings (SSSR count). The number of carbonyl (C=O) groups is 1. The maximum absolute atomic E-state index is 12.3. The molecule has 0 radical (unpaired) electrons. The van der Waals surface area contributed by atoms with Gasteiger partial charge in [0.15, 0.2) is 5.17 Å². The Morgan fingerprint density at radius 3 is 2.73 bits per heavy atom. The average molecular weight is 329 g/mol. The molecule has 1 saturated heterocycles. The van der Waals surface area contributed by atoms with Crippen LogP contribution in [0.1, 0.15) is 18.1 Å². The molecule has 1 amide bonds. The number of likely N-dealkylation sites (N-methyl/N-ethyl adjacent to an activating group) is 1. The number of nitrogens with zero attached hydrogens (tertiary/aromatic N) is 3. The smallest absolute Gasteiger partial charge is 0.266 e. The zero-order valence-corrected chi connectivity index (χ0v) is 13.9. The van der Waals surface area contributed by atoms with E-state index in [1.165, 1.54) is 28.7 Å². The molecule has 1 aliphatic heterocycles. The highest BCUT2D eigenvalue weighted by atomic mass is 32.2. The van der Waals surface area contributed by atoms with Crippen LogP contribution in [-0.2, 0) is 11.2 Å². The van der Waals surface area contributed by atoms with Crippen molar-refractivity contribution in [2.45, 2.75) is 13.3 Å². The number of thiazole rings is 1. The summed E-state index contributed by atoms with van der Waals surface area (Å²) in [5.74, 6) is -0.0279. The van der Waals surface area contributed by atoms with E-state index in [1.807, 2.05) is 23.6 Å². The van der Waals surface area contributed by atoms with Crippen LogP contribution >= 0.6 is 23.1 Å². The van der Waals surface area contributed by atoms with Gasteiger partial charge < -0.3 is 0 Å². The van der Waals surface area contributed by atoms with Gasteiger partial charge in [-0.3, -0.25) is 9.69 Å². The molecule has 1 aliphatic rings. The highest BCUT2D eigenvalue weighted by Gasteiger charge is 2.30. The molecule has 1 aromatic carbocycles. The van der Waals surface area contributed by atoms with Crippen LogP contribution in [0.15, 0.2) is 45.7 Å². The van der Waals surface area contributed by atoms with E-state index in [4.69, 9.17) is 0 Å². The first-order valence-corrected chi connectivity index (χ1v) is 8.61. The summed E-state index contributed by atoms with van der Waals surface area (Å²) in [6, 6.07) is 8.25. The van der Waals surface area contributed by atoms with Crippen molar-refractivity contribution in [3.05, 3.63) is 51.9 Å². The van der Waals surface area contributed by atoms with Gasteiger partial charge >= 0.3 is 0 Å². The predicted molar refractivity (Wildman–Crippen MR) is 93.4 cm³/mol. The summed E-state index contributed by atoms with van der Waals surface area (Å²) in [6.07, 6.45) is 4.63. The van der Waals surface area contributed by atoms with Crippen LogP contribution in [0.4, 0.5) is 5.13 Å². The maximum atomic E-state index is 12.3. The number of thioether (sulfide) groups is 1. The fraction of sp³-hybridized carbons (Fsp3) is 0.188. The van der Waals surface area contributed by atoms with E-state index in [-0.39, 0.29) is 5.91 Å². The molecule has 2 heterocycles. The minimum Gasteiger partial charge on any atom is -0.289 e. The first kappa shape index (κ1) is 15.0. The Bertz CT molecular complexity index is 733. The highest BCUT2D eigenvalue weighted by Crippen LogP contribution is 2.33. The maximum Gasteiger partial charge on any atom is 0.266 e. The van der Waals surface area contributed by atoms with E-state index >= 15 is 0 Å². The quantitative estimate of drug-likeness (QED) is 0.801. The molecule has 4 nitrogen and oxygen atoms in total. The van der Waals surface area contributed by atoms with Crippen molar-refractivity contribution in [3.8, 4) is 0 Å². The third-order valence-electron chi connectivity index (χ3n) is 3.30. The minimum atomic E-state index is -0.0279. The van der Waals surface area contributed by atoms with Crippen LogP contribution < -0.4 is 0 Å². The highest BCUT2D eigenvalue weighted by molar-refractivity contribution is 8.18. The Hall–Kier alpha value is -1.92. The lowest BCUT2D eigenvalue weighted by molar-refractivity contribution is -0.121. The van der Waals surface area contributed by atoms with Gasteiger partial charge in [-0.1, -0.05) is 31.2 Å². The lowest BCUT2D eigenvalue weighted by Crippen LogP contribution is -2.23. The number of hydrogen-bond acceptors (Lipinski definition) is 5. The largest absolute Gasteiger partial charge is 0.289 e. The van der Waals surface area contributed by atoms with Gasteiger partial charge in [-0.05, 0) is 35.4 Å². The van der Waals surface area contributed by atoms with Crippen LogP contribution in [0.2, 0.25) is 0 Å².